The number of unbranched alkanes of at least 4 members (excludes halogenated alkanes) is 2. The van der Waals surface area contributed by atoms with Crippen LogP contribution in [0.5, 0.6) is 0 Å². The molecule has 1 N–H and O–H groups in total. The molecule has 7 nitrogen and oxygen atoms in total. The number of fused-ring (bicyclic) bond motifs is 1. The van der Waals surface area contributed by atoms with Gasteiger partial charge in [0, 0.05) is 23.9 Å². The molecule has 3 fully saturated rings. The number of β-amino-alcohol motifs (C(OH)–C–C–N with tert-alkyl or cyclic N) is 1. The first-order chi connectivity index (χ1) is 17.8. The van der Waals surface area contributed by atoms with Gasteiger partial charge in [-0.2, -0.15) is 0 Å². The Balaban J connectivity index is 1.98. The van der Waals surface area contributed by atoms with Crippen molar-refractivity contribution in [1.82, 2.24) is 9.80 Å². The summed E-state index contributed by atoms with van der Waals surface area (Å²) in [7, 11) is 0. The summed E-state index contributed by atoms with van der Waals surface area (Å²) in [6.07, 6.45) is 7.62. The number of hydrogen-bond donors (Lipinski definition) is 1. The molecule has 38 heavy (non-hydrogen) atoms. The maximum atomic E-state index is 14.6. The number of aliphatic hydroxyl groups excluding tert-OH is 1. The number of ether oxygens (including phenoxy) is 1. The van der Waals surface area contributed by atoms with Crippen molar-refractivity contribution in [2.24, 2.45) is 23.2 Å². The summed E-state index contributed by atoms with van der Waals surface area (Å²) in [4.78, 5) is 45.4. The molecule has 0 aromatic carbocycles. The van der Waals surface area contributed by atoms with Crippen molar-refractivity contribution < 1.29 is 24.2 Å². The number of carbonyl (C=O) groups excluding carboxylic acids is 3. The van der Waals surface area contributed by atoms with Gasteiger partial charge in [-0.25, -0.2) is 0 Å². The second-order valence-electron chi connectivity index (χ2n) is 13.0. The SMILES string of the molecule is C=CCCCCOC(=O)[C@@H]1[C@@H]2CC(C)C3(S2)C(C(=O)N(CC=C)C(C)(C)CC(C)(C)C)N(CCO)C(=O)[C@H]13. The van der Waals surface area contributed by atoms with Crippen molar-refractivity contribution in [2.45, 2.75) is 95.2 Å². The zero-order valence-corrected chi connectivity index (χ0v) is 25.0. The highest BCUT2D eigenvalue weighted by atomic mass is 32.2. The third-order valence-corrected chi connectivity index (χ3v) is 10.5. The highest BCUT2D eigenvalue weighted by Gasteiger charge is 2.76. The van der Waals surface area contributed by atoms with Gasteiger partial charge in [-0.3, -0.25) is 14.4 Å². The molecule has 8 heteroatoms. The van der Waals surface area contributed by atoms with E-state index in [1.807, 2.05) is 11.0 Å². The van der Waals surface area contributed by atoms with Crippen LogP contribution >= 0.6 is 11.8 Å². The molecular weight excluding hydrogens is 500 g/mol. The van der Waals surface area contributed by atoms with E-state index in [0.717, 1.165) is 32.1 Å². The van der Waals surface area contributed by atoms with Crippen LogP contribution in [-0.2, 0) is 19.1 Å². The lowest BCUT2D eigenvalue weighted by molar-refractivity contribution is -0.154. The number of likely N-dealkylation sites (tertiary alicyclic amines) is 1. The lowest BCUT2D eigenvalue weighted by Crippen LogP contribution is -2.61. The second-order valence-corrected chi connectivity index (χ2v) is 14.6. The van der Waals surface area contributed by atoms with Crippen LogP contribution in [0, 0.1) is 23.2 Å². The summed E-state index contributed by atoms with van der Waals surface area (Å²) in [5, 5.41) is 9.86. The van der Waals surface area contributed by atoms with Gasteiger partial charge >= 0.3 is 5.97 Å². The van der Waals surface area contributed by atoms with Crippen molar-refractivity contribution in [3.05, 3.63) is 25.3 Å². The molecule has 0 aromatic heterocycles. The Morgan fingerprint density at radius 3 is 2.47 bits per heavy atom. The average Bonchev–Trinajstić information content (AvgIpc) is 3.39. The highest BCUT2D eigenvalue weighted by molar-refractivity contribution is 8.02. The molecule has 2 amide bonds. The van der Waals surface area contributed by atoms with E-state index in [1.54, 1.807) is 22.7 Å². The van der Waals surface area contributed by atoms with Crippen LogP contribution in [-0.4, -0.2) is 80.6 Å². The van der Waals surface area contributed by atoms with E-state index < -0.39 is 28.2 Å². The lowest BCUT2D eigenvalue weighted by atomic mass is 9.66. The fraction of sp³-hybridized carbons (Fsp3) is 0.767. The normalized spacial score (nSPS) is 30.3. The molecule has 3 rings (SSSR count). The third kappa shape index (κ3) is 5.58. The van der Waals surface area contributed by atoms with Crippen molar-refractivity contribution in [3.8, 4) is 0 Å². The van der Waals surface area contributed by atoms with Gasteiger partial charge in [0.1, 0.15) is 6.04 Å². The molecule has 3 aliphatic rings. The van der Waals surface area contributed by atoms with Crippen LogP contribution in [0.3, 0.4) is 0 Å². The number of allylic oxidation sites excluding steroid dienone is 1. The molecule has 0 aromatic rings. The molecule has 0 saturated carbocycles. The predicted molar refractivity (Wildman–Crippen MR) is 153 cm³/mol. The minimum Gasteiger partial charge on any atom is -0.465 e. The van der Waals surface area contributed by atoms with Gasteiger partial charge in [-0.05, 0) is 57.3 Å². The Hall–Kier alpha value is -1.80. The molecule has 2 bridgehead atoms. The van der Waals surface area contributed by atoms with Crippen LogP contribution in [0.25, 0.3) is 0 Å². The Labute approximate surface area is 233 Å². The van der Waals surface area contributed by atoms with E-state index in [-0.39, 0.29) is 47.5 Å². The lowest BCUT2D eigenvalue weighted by Gasteiger charge is -2.46. The number of hydrogen-bond acceptors (Lipinski definition) is 6. The average molecular weight is 549 g/mol. The van der Waals surface area contributed by atoms with Crippen LogP contribution < -0.4 is 0 Å². The maximum absolute atomic E-state index is 14.6. The number of aliphatic hydroxyl groups is 1. The molecule has 0 radical (unpaired) electrons. The molecule has 3 saturated heterocycles. The van der Waals surface area contributed by atoms with Gasteiger partial charge in [0.15, 0.2) is 0 Å². The predicted octanol–water partition coefficient (Wildman–Crippen LogP) is 4.44. The second kappa shape index (κ2) is 11.7. The highest BCUT2D eigenvalue weighted by Crippen LogP contribution is 2.68. The zero-order valence-electron chi connectivity index (χ0n) is 24.2. The molecule has 3 unspecified atom stereocenters. The van der Waals surface area contributed by atoms with E-state index in [4.69, 9.17) is 4.74 Å². The quantitative estimate of drug-likeness (QED) is 0.208. The minimum absolute atomic E-state index is 0.0192. The van der Waals surface area contributed by atoms with Crippen LogP contribution in [0.2, 0.25) is 0 Å². The Morgan fingerprint density at radius 2 is 1.89 bits per heavy atom. The number of rotatable bonds is 13. The maximum Gasteiger partial charge on any atom is 0.310 e. The van der Waals surface area contributed by atoms with Gasteiger partial charge in [-0.1, -0.05) is 39.8 Å². The molecule has 6 atom stereocenters. The van der Waals surface area contributed by atoms with Gasteiger partial charge in [0.05, 0.1) is 29.8 Å². The van der Waals surface area contributed by atoms with Crippen LogP contribution in [0.15, 0.2) is 25.3 Å². The molecule has 214 valence electrons. The Bertz CT molecular complexity index is 928. The molecule has 1 spiro atoms. The molecular formula is C30H48N2O5S. The Morgan fingerprint density at radius 1 is 1.21 bits per heavy atom. The van der Waals surface area contributed by atoms with Gasteiger partial charge in [0.25, 0.3) is 0 Å². The summed E-state index contributed by atoms with van der Waals surface area (Å²) < 4.78 is 4.96. The van der Waals surface area contributed by atoms with Crippen molar-refractivity contribution in [2.75, 3.05) is 26.3 Å². The number of amides is 2. The fourth-order valence-corrected chi connectivity index (χ4v) is 9.78. The zero-order chi connectivity index (χ0) is 28.5. The van der Waals surface area contributed by atoms with Crippen molar-refractivity contribution in [3.63, 3.8) is 0 Å². The van der Waals surface area contributed by atoms with Gasteiger partial charge in [-0.15, -0.1) is 24.9 Å². The third-order valence-electron chi connectivity index (χ3n) is 8.41. The molecule has 0 aliphatic carbocycles. The van der Waals surface area contributed by atoms with Gasteiger partial charge in [0.2, 0.25) is 11.8 Å². The summed E-state index contributed by atoms with van der Waals surface area (Å²) in [5.74, 6) is -1.80. The smallest absolute Gasteiger partial charge is 0.310 e. The van der Waals surface area contributed by atoms with E-state index in [1.165, 1.54) is 0 Å². The van der Waals surface area contributed by atoms with E-state index >= 15 is 0 Å². The first kappa shape index (κ1) is 30.7. The topological polar surface area (TPSA) is 87.2 Å². The number of thioether (sulfide) groups is 1. The van der Waals surface area contributed by atoms with E-state index in [9.17, 15) is 19.5 Å². The molecule has 3 heterocycles. The Kier molecular flexibility index (Phi) is 9.50. The standard InChI is InChI=1S/C30H48N2O5S/c1-9-11-12-13-17-37-27(36)22-21-18-20(3)30(38-21)23(22)25(34)31(15-16-33)24(30)26(35)32(14-10-2)29(7,8)19-28(4,5)6/h9-10,20-24,33H,1-2,11-19H2,3-8H3/t20?,21-,22+,23-,24?,30?/m0/s1. The summed E-state index contributed by atoms with van der Waals surface area (Å²) >= 11 is 1.64. The number of carbonyl (C=O) groups is 3. The van der Waals surface area contributed by atoms with Gasteiger partial charge < -0.3 is 19.6 Å². The first-order valence-electron chi connectivity index (χ1n) is 14.1. The molecule has 3 aliphatic heterocycles. The van der Waals surface area contributed by atoms with E-state index in [0.29, 0.717) is 13.2 Å². The summed E-state index contributed by atoms with van der Waals surface area (Å²) in [6, 6.07) is -0.748. The van der Waals surface area contributed by atoms with Crippen molar-refractivity contribution in [1.29, 1.82) is 0 Å². The summed E-state index contributed by atoms with van der Waals surface area (Å²) in [6.45, 7) is 20.8. The largest absolute Gasteiger partial charge is 0.465 e. The number of esters is 1. The van der Waals surface area contributed by atoms with Crippen LogP contribution in [0.1, 0.15) is 73.6 Å². The number of nitrogens with zero attached hydrogens (tertiary/aromatic N) is 2. The monoisotopic (exact) mass is 548 g/mol. The van der Waals surface area contributed by atoms with Crippen LogP contribution in [0.4, 0.5) is 0 Å². The fourth-order valence-electron chi connectivity index (χ4n) is 7.38. The minimum atomic E-state index is -0.748. The summed E-state index contributed by atoms with van der Waals surface area (Å²) in [5.41, 5.74) is -0.505. The van der Waals surface area contributed by atoms with E-state index in [2.05, 4.69) is 54.7 Å². The van der Waals surface area contributed by atoms with Crippen molar-refractivity contribution >= 4 is 29.5 Å². The first-order valence-corrected chi connectivity index (χ1v) is 14.9.